The van der Waals surface area contributed by atoms with E-state index in [0.29, 0.717) is 19.4 Å². The molecule has 0 aliphatic rings. The molecule has 0 fully saturated rings. The quantitative estimate of drug-likeness (QED) is 0.102. The van der Waals surface area contributed by atoms with Crippen LogP contribution in [0.15, 0.2) is 60.7 Å². The summed E-state index contributed by atoms with van der Waals surface area (Å²) in [6, 6.07) is 12.9. The van der Waals surface area contributed by atoms with Crippen LogP contribution in [0.4, 0.5) is 4.79 Å². The number of carboxylic acid groups (broad SMARTS) is 1. The number of hydrogen-bond acceptors (Lipinski definition) is 7. The summed E-state index contributed by atoms with van der Waals surface area (Å²) in [5.41, 5.74) is 18.4. The van der Waals surface area contributed by atoms with Crippen LogP contribution >= 0.6 is 0 Å². The summed E-state index contributed by atoms with van der Waals surface area (Å²) in [4.78, 5) is 62.7. The van der Waals surface area contributed by atoms with Gasteiger partial charge in [-0.2, -0.15) is 0 Å². The number of primary amides is 1. The summed E-state index contributed by atoms with van der Waals surface area (Å²) in [7, 11) is 0. The molecule has 0 heterocycles. The van der Waals surface area contributed by atoms with Crippen molar-refractivity contribution < 1.29 is 29.1 Å². The van der Waals surface area contributed by atoms with E-state index in [2.05, 4.69) is 21.3 Å². The van der Waals surface area contributed by atoms with Crippen LogP contribution in [0.1, 0.15) is 43.2 Å². The third-order valence-electron chi connectivity index (χ3n) is 6.71. The lowest BCUT2D eigenvalue weighted by Gasteiger charge is -2.25. The number of carbonyl (C=O) groups is 5. The van der Waals surface area contributed by atoms with Gasteiger partial charge in [0, 0.05) is 13.0 Å². The number of nitrogens with one attached hydrogen (secondary N) is 4. The van der Waals surface area contributed by atoms with Gasteiger partial charge in [0.25, 0.3) is 0 Å². The molecule has 2 aromatic carbocycles. The van der Waals surface area contributed by atoms with E-state index in [1.165, 1.54) is 0 Å². The number of hydrogen-bond donors (Lipinski definition) is 8. The zero-order chi connectivity index (χ0) is 31.6. The van der Waals surface area contributed by atoms with E-state index < -0.39 is 53.9 Å². The number of benzene rings is 2. The molecule has 43 heavy (non-hydrogen) atoms. The number of amides is 5. The molecule has 0 saturated heterocycles. The van der Waals surface area contributed by atoms with Crippen molar-refractivity contribution >= 4 is 29.7 Å². The van der Waals surface area contributed by atoms with Crippen LogP contribution in [0.5, 0.6) is 0 Å². The Morgan fingerprint density at radius 1 is 0.674 bits per heavy atom. The van der Waals surface area contributed by atoms with Crippen molar-refractivity contribution in [3.63, 3.8) is 0 Å². The Morgan fingerprint density at radius 3 is 1.67 bits per heavy atom. The SMILES string of the molecule is NCCCC[C@H](NC(=O)[C@H](CCCNC(N)=O)NC(=O)[C@@H](N)Cc1ccccc1)C(=O)N[C@@H](Cc1ccccc1)C(=O)O. The van der Waals surface area contributed by atoms with E-state index in [1.54, 1.807) is 30.3 Å². The monoisotopic (exact) mass is 597 g/mol. The first-order valence-electron chi connectivity index (χ1n) is 14.3. The molecule has 0 radical (unpaired) electrons. The second kappa shape index (κ2) is 18.8. The highest BCUT2D eigenvalue weighted by atomic mass is 16.4. The highest BCUT2D eigenvalue weighted by Crippen LogP contribution is 2.08. The molecule has 0 aliphatic carbocycles. The first-order valence-corrected chi connectivity index (χ1v) is 14.3. The van der Waals surface area contributed by atoms with Gasteiger partial charge in [-0.05, 0) is 56.2 Å². The van der Waals surface area contributed by atoms with Crippen LogP contribution in [-0.2, 0) is 32.0 Å². The molecule has 0 unspecified atom stereocenters. The van der Waals surface area contributed by atoms with Gasteiger partial charge in [-0.15, -0.1) is 0 Å². The third-order valence-corrected chi connectivity index (χ3v) is 6.71. The molecule has 0 aromatic heterocycles. The van der Waals surface area contributed by atoms with Gasteiger partial charge in [-0.25, -0.2) is 9.59 Å². The minimum atomic E-state index is -1.23. The summed E-state index contributed by atoms with van der Waals surface area (Å²) >= 11 is 0. The van der Waals surface area contributed by atoms with E-state index in [4.69, 9.17) is 17.2 Å². The average molecular weight is 598 g/mol. The van der Waals surface area contributed by atoms with Gasteiger partial charge in [-0.3, -0.25) is 14.4 Å². The van der Waals surface area contributed by atoms with Gasteiger partial charge in [-0.1, -0.05) is 60.7 Å². The minimum Gasteiger partial charge on any atom is -0.480 e. The van der Waals surface area contributed by atoms with Crippen LogP contribution in [0, 0.1) is 0 Å². The fourth-order valence-corrected chi connectivity index (χ4v) is 4.38. The topological polar surface area (TPSA) is 232 Å². The third kappa shape index (κ3) is 13.4. The average Bonchev–Trinajstić information content (AvgIpc) is 2.98. The van der Waals surface area contributed by atoms with Gasteiger partial charge < -0.3 is 43.6 Å². The molecule has 4 atom stereocenters. The number of rotatable bonds is 19. The number of nitrogens with two attached hydrogens (primary N) is 3. The molecule has 0 saturated carbocycles. The fourth-order valence-electron chi connectivity index (χ4n) is 4.38. The highest BCUT2D eigenvalue weighted by molar-refractivity contribution is 5.94. The smallest absolute Gasteiger partial charge is 0.326 e. The van der Waals surface area contributed by atoms with Crippen LogP contribution in [0.25, 0.3) is 0 Å². The zero-order valence-corrected chi connectivity index (χ0v) is 24.2. The molecule has 13 heteroatoms. The number of carboxylic acids is 1. The van der Waals surface area contributed by atoms with E-state index in [0.717, 1.165) is 11.1 Å². The molecule has 13 nitrogen and oxygen atoms in total. The standard InChI is InChI=1S/C30H43N7O6/c31-16-8-7-14-23(28(40)37-25(29(41)42)19-21-12-5-2-6-13-21)36-27(39)24(15-9-17-34-30(33)43)35-26(38)22(32)18-20-10-3-1-4-11-20/h1-6,10-13,22-25H,7-9,14-19,31-32H2,(H,35,38)(H,36,39)(H,37,40)(H,41,42)(H3,33,34,43)/t22-,23-,24-,25-/m0/s1. The Hall–Kier alpha value is -4.49. The van der Waals surface area contributed by atoms with Crippen molar-refractivity contribution in [2.75, 3.05) is 13.1 Å². The lowest BCUT2D eigenvalue weighted by atomic mass is 10.0. The first kappa shape index (κ1) is 34.7. The Kier molecular flexibility index (Phi) is 15.2. The highest BCUT2D eigenvalue weighted by Gasteiger charge is 2.30. The maximum Gasteiger partial charge on any atom is 0.326 e. The molecule has 11 N–H and O–H groups in total. The van der Waals surface area contributed by atoms with Gasteiger partial charge in [0.2, 0.25) is 17.7 Å². The fraction of sp³-hybridized carbons (Fsp3) is 0.433. The summed E-state index contributed by atoms with van der Waals surface area (Å²) in [6.07, 6.45) is 1.97. The van der Waals surface area contributed by atoms with Gasteiger partial charge in [0.15, 0.2) is 0 Å². The first-order chi connectivity index (χ1) is 20.6. The molecule has 0 spiro atoms. The lowest BCUT2D eigenvalue weighted by molar-refractivity contribution is -0.142. The lowest BCUT2D eigenvalue weighted by Crippen LogP contribution is -2.57. The maximum atomic E-state index is 13.4. The summed E-state index contributed by atoms with van der Waals surface area (Å²) in [5, 5.41) is 20.1. The van der Waals surface area contributed by atoms with Crippen molar-refractivity contribution in [3.05, 3.63) is 71.8 Å². The van der Waals surface area contributed by atoms with Crippen molar-refractivity contribution in [2.24, 2.45) is 17.2 Å². The van der Waals surface area contributed by atoms with E-state index >= 15 is 0 Å². The number of urea groups is 1. The second-order valence-electron chi connectivity index (χ2n) is 10.2. The molecule has 2 aromatic rings. The maximum absolute atomic E-state index is 13.4. The number of unbranched alkanes of at least 4 members (excludes halogenated alkanes) is 1. The molecule has 5 amide bonds. The van der Waals surface area contributed by atoms with E-state index in [1.807, 2.05) is 30.3 Å². The van der Waals surface area contributed by atoms with Crippen LogP contribution in [0.3, 0.4) is 0 Å². The predicted molar refractivity (Wildman–Crippen MR) is 161 cm³/mol. The van der Waals surface area contributed by atoms with Crippen molar-refractivity contribution in [1.82, 2.24) is 21.3 Å². The molecule has 234 valence electrons. The van der Waals surface area contributed by atoms with E-state index in [9.17, 15) is 29.1 Å². The Morgan fingerprint density at radius 2 is 1.16 bits per heavy atom. The minimum absolute atomic E-state index is 0.0518. The van der Waals surface area contributed by atoms with Gasteiger partial charge in [0.05, 0.1) is 6.04 Å². The van der Waals surface area contributed by atoms with Gasteiger partial charge in [0.1, 0.15) is 18.1 Å². The number of carbonyl (C=O) groups excluding carboxylic acids is 4. The van der Waals surface area contributed by atoms with Crippen LogP contribution in [-0.4, -0.2) is 72.1 Å². The van der Waals surface area contributed by atoms with Crippen molar-refractivity contribution in [3.8, 4) is 0 Å². The van der Waals surface area contributed by atoms with Crippen LogP contribution < -0.4 is 38.5 Å². The number of aliphatic carboxylic acids is 1. The molecule has 0 bridgehead atoms. The Balaban J connectivity index is 2.15. The van der Waals surface area contributed by atoms with Gasteiger partial charge >= 0.3 is 12.0 Å². The normalized spacial score (nSPS) is 13.5. The predicted octanol–water partition coefficient (Wildman–Crippen LogP) is -0.0844. The molecular weight excluding hydrogens is 554 g/mol. The van der Waals surface area contributed by atoms with Crippen molar-refractivity contribution in [1.29, 1.82) is 0 Å². The van der Waals surface area contributed by atoms with Crippen LogP contribution in [0.2, 0.25) is 0 Å². The summed E-state index contributed by atoms with van der Waals surface area (Å²) in [5.74, 6) is -3.11. The summed E-state index contributed by atoms with van der Waals surface area (Å²) in [6.45, 7) is 0.532. The molecular formula is C30H43N7O6. The largest absolute Gasteiger partial charge is 0.480 e. The zero-order valence-electron chi connectivity index (χ0n) is 24.2. The second-order valence-corrected chi connectivity index (χ2v) is 10.2. The molecule has 0 aliphatic heterocycles. The Bertz CT molecular complexity index is 1180. The molecule has 2 rings (SSSR count). The van der Waals surface area contributed by atoms with Crippen molar-refractivity contribution in [2.45, 2.75) is 69.1 Å². The Labute approximate surface area is 251 Å². The van der Waals surface area contributed by atoms with E-state index in [-0.39, 0.29) is 38.6 Å². The summed E-state index contributed by atoms with van der Waals surface area (Å²) < 4.78 is 0.